The Bertz CT molecular complexity index is 2970. The average molecular weight is 1080 g/mol. The summed E-state index contributed by atoms with van der Waals surface area (Å²) < 4.78 is 79.2. The van der Waals surface area contributed by atoms with Crippen molar-refractivity contribution in [3.8, 4) is 0 Å². The zero-order valence-corrected chi connectivity index (χ0v) is 41.9. The van der Waals surface area contributed by atoms with Gasteiger partial charge >= 0.3 is 24.3 Å². The lowest BCUT2D eigenvalue weighted by molar-refractivity contribution is -0.150. The minimum absolute atomic E-state index is 0.178. The Morgan fingerprint density at radius 1 is 0.487 bits per heavy atom. The molecule has 6 aromatic rings. The fourth-order valence-corrected chi connectivity index (χ4v) is 9.32. The third-order valence-corrected chi connectivity index (χ3v) is 13.1. The number of anilines is 2. The van der Waals surface area contributed by atoms with Crippen LogP contribution >= 0.6 is 0 Å². The first kappa shape index (κ1) is 56.8. The Morgan fingerprint density at radius 2 is 0.782 bits per heavy atom. The lowest BCUT2D eigenvalue weighted by Crippen LogP contribution is -2.49. The van der Waals surface area contributed by atoms with Crippen LogP contribution in [0.25, 0.3) is 0 Å². The Kier molecular flexibility index (Phi) is 18.1. The van der Waals surface area contributed by atoms with Gasteiger partial charge in [-0.25, -0.2) is 9.98 Å². The van der Waals surface area contributed by atoms with Crippen molar-refractivity contribution >= 4 is 58.4 Å². The van der Waals surface area contributed by atoms with Crippen molar-refractivity contribution in [3.05, 3.63) is 203 Å². The predicted molar refractivity (Wildman–Crippen MR) is 279 cm³/mol. The SMILES string of the molecule is CN1C(=O)[C@@H](NC(=O)[C@@H](CCC(F)(F)F)[C@H](C(=O)O)c2ccccc2)N=C(c2ccccc2)c2ccccc21.CN1C(=O)[C@@H](NC(=O)[C@H](CCC(F)(F)F)[C@@H](C(=O)O)c2ccccc2)N=C(c2ccccc2)c2ccccc21. The van der Waals surface area contributed by atoms with Crippen molar-refractivity contribution in [1.82, 2.24) is 10.6 Å². The number of benzodiazepines with no additional fused rings is 2. The maximum Gasteiger partial charge on any atom is 0.389 e. The number of hydrogen-bond acceptors (Lipinski definition) is 8. The molecule has 8 rings (SSSR count). The van der Waals surface area contributed by atoms with E-state index in [1.165, 1.54) is 48.2 Å². The van der Waals surface area contributed by atoms with Gasteiger partial charge in [0.2, 0.25) is 24.1 Å². The third kappa shape index (κ3) is 13.9. The number of fused-ring (bicyclic) bond motifs is 2. The van der Waals surface area contributed by atoms with Gasteiger partial charge in [0, 0.05) is 49.2 Å². The molecule has 14 nitrogen and oxygen atoms in total. The van der Waals surface area contributed by atoms with Crippen LogP contribution < -0.4 is 20.4 Å². The zero-order chi connectivity index (χ0) is 56.3. The van der Waals surface area contributed by atoms with E-state index in [-0.39, 0.29) is 11.1 Å². The monoisotopic (exact) mass is 1070 g/mol. The molecule has 0 bridgehead atoms. The molecular weight excluding hydrogens is 1020 g/mol. The average Bonchev–Trinajstić information content (AvgIpc) is 3.61. The number of carbonyl (C=O) groups is 6. The molecule has 0 saturated heterocycles. The van der Waals surface area contributed by atoms with Gasteiger partial charge in [0.15, 0.2) is 0 Å². The molecule has 0 unspecified atom stereocenters. The van der Waals surface area contributed by atoms with Crippen LogP contribution in [0.3, 0.4) is 0 Å². The molecule has 0 radical (unpaired) electrons. The van der Waals surface area contributed by atoms with Gasteiger partial charge in [-0.05, 0) is 36.1 Å². The minimum Gasteiger partial charge on any atom is -0.481 e. The Morgan fingerprint density at radius 3 is 1.09 bits per heavy atom. The van der Waals surface area contributed by atoms with Gasteiger partial charge in [0.1, 0.15) is 0 Å². The molecule has 0 aromatic heterocycles. The van der Waals surface area contributed by atoms with Gasteiger partial charge in [-0.15, -0.1) is 0 Å². The molecule has 0 fully saturated rings. The van der Waals surface area contributed by atoms with Crippen LogP contribution in [-0.2, 0) is 28.8 Å². The molecule has 2 aliphatic heterocycles. The van der Waals surface area contributed by atoms with E-state index in [9.17, 15) is 65.3 Å². The highest BCUT2D eigenvalue weighted by Crippen LogP contribution is 2.36. The zero-order valence-electron chi connectivity index (χ0n) is 41.9. The molecule has 2 aliphatic rings. The molecule has 4 N–H and O–H groups in total. The second-order valence-corrected chi connectivity index (χ2v) is 18.3. The van der Waals surface area contributed by atoms with Crippen molar-refractivity contribution in [2.24, 2.45) is 21.8 Å². The number of hydrogen-bond donors (Lipinski definition) is 4. The maximum atomic E-state index is 13.5. The molecule has 78 heavy (non-hydrogen) atoms. The van der Waals surface area contributed by atoms with E-state index in [0.29, 0.717) is 45.1 Å². The van der Waals surface area contributed by atoms with E-state index in [1.807, 2.05) is 12.1 Å². The Hall–Kier alpha value is -8.94. The van der Waals surface area contributed by atoms with E-state index in [1.54, 1.807) is 133 Å². The van der Waals surface area contributed by atoms with Gasteiger partial charge in [-0.1, -0.05) is 158 Å². The first-order valence-corrected chi connectivity index (χ1v) is 24.4. The summed E-state index contributed by atoms with van der Waals surface area (Å²) in [5, 5.41) is 24.9. The summed E-state index contributed by atoms with van der Waals surface area (Å²) >= 11 is 0. The van der Waals surface area contributed by atoms with Crippen LogP contribution in [0, 0.1) is 11.8 Å². The van der Waals surface area contributed by atoms with Crippen LogP contribution in [0.2, 0.25) is 0 Å². The number of amides is 4. The normalized spacial score (nSPS) is 16.9. The number of carbonyl (C=O) groups excluding carboxylic acids is 4. The van der Waals surface area contributed by atoms with E-state index < -0.39 is 110 Å². The van der Waals surface area contributed by atoms with Gasteiger partial charge in [0.25, 0.3) is 11.8 Å². The van der Waals surface area contributed by atoms with Gasteiger partial charge < -0.3 is 30.6 Å². The third-order valence-electron chi connectivity index (χ3n) is 13.1. The molecule has 0 spiro atoms. The summed E-state index contributed by atoms with van der Waals surface area (Å²) in [4.78, 5) is 90.2. The molecule has 404 valence electrons. The molecular formula is C58H52F6N6O8. The van der Waals surface area contributed by atoms with Gasteiger partial charge in [-0.3, -0.25) is 28.8 Å². The van der Waals surface area contributed by atoms with Crippen LogP contribution in [0.1, 0.15) is 70.9 Å². The quantitative estimate of drug-likeness (QED) is 0.0687. The number of rotatable bonds is 16. The van der Waals surface area contributed by atoms with Crippen molar-refractivity contribution < 1.29 is 65.3 Å². The number of aliphatic imine (C=N–C) groups is 2. The molecule has 6 atom stereocenters. The summed E-state index contributed by atoms with van der Waals surface area (Å²) in [6, 6.07) is 47.1. The molecule has 6 aromatic carbocycles. The number of nitrogens with one attached hydrogen (secondary N) is 2. The molecule has 0 saturated carbocycles. The van der Waals surface area contributed by atoms with Crippen LogP contribution in [0.4, 0.5) is 37.7 Å². The first-order valence-electron chi connectivity index (χ1n) is 24.4. The maximum absolute atomic E-state index is 13.5. The van der Waals surface area contributed by atoms with Crippen LogP contribution in [0.15, 0.2) is 180 Å². The molecule has 20 heteroatoms. The largest absolute Gasteiger partial charge is 0.481 e. The number of carboxylic acids is 2. The highest BCUT2D eigenvalue weighted by atomic mass is 19.4. The summed E-state index contributed by atoms with van der Waals surface area (Å²) in [5.74, 6) is -12.5. The highest BCUT2D eigenvalue weighted by molar-refractivity contribution is 6.21. The number of aliphatic carboxylic acids is 2. The summed E-state index contributed by atoms with van der Waals surface area (Å²) in [6.45, 7) is 0. The predicted octanol–water partition coefficient (Wildman–Crippen LogP) is 9.54. The number of nitrogens with zero attached hydrogens (tertiary/aromatic N) is 4. The smallest absolute Gasteiger partial charge is 0.389 e. The fraction of sp³-hybridized carbons (Fsp3) is 0.241. The van der Waals surface area contributed by atoms with Crippen molar-refractivity contribution in [2.45, 2.75) is 62.2 Å². The van der Waals surface area contributed by atoms with E-state index >= 15 is 0 Å². The number of halogens is 6. The summed E-state index contributed by atoms with van der Waals surface area (Å²) in [5.41, 5.74) is 4.79. The molecule has 4 amide bonds. The summed E-state index contributed by atoms with van der Waals surface area (Å²) in [7, 11) is 3.02. The standard InChI is InChI=1S/2C29H26F3N3O4/c2*1-35-22-15-9-8-14-20(22)24(19-12-6-3-7-13-19)33-25(27(35)37)34-26(36)21(16-17-29(30,31)32)23(28(38)39)18-10-4-2-5-11-18/h2*2-15,21,23,25H,16-17H2,1H3,(H,34,36)(H,38,39)/t21-,23+,25+;21-,23+,25-/m01/s1. The van der Waals surface area contributed by atoms with E-state index in [4.69, 9.17) is 0 Å². The number of likely N-dealkylation sites (N-methyl/N-ethyl adjacent to an activating group) is 2. The molecule has 2 heterocycles. The van der Waals surface area contributed by atoms with Gasteiger partial charge in [0.05, 0.1) is 46.5 Å². The van der Waals surface area contributed by atoms with Crippen LogP contribution in [-0.4, -0.2) is 96.0 Å². The number of para-hydroxylation sites is 2. The number of benzene rings is 6. The molecule has 0 aliphatic carbocycles. The van der Waals surface area contributed by atoms with Crippen molar-refractivity contribution in [2.75, 3.05) is 23.9 Å². The number of alkyl halides is 6. The van der Waals surface area contributed by atoms with Crippen molar-refractivity contribution in [1.29, 1.82) is 0 Å². The Balaban J connectivity index is 0.000000226. The number of carboxylic acid groups (broad SMARTS) is 2. The first-order chi connectivity index (χ1) is 37.1. The second-order valence-electron chi connectivity index (χ2n) is 18.3. The van der Waals surface area contributed by atoms with E-state index in [2.05, 4.69) is 20.6 Å². The topological polar surface area (TPSA) is 198 Å². The summed E-state index contributed by atoms with van der Waals surface area (Å²) in [6.07, 6.45) is -16.5. The van der Waals surface area contributed by atoms with Crippen molar-refractivity contribution in [3.63, 3.8) is 0 Å². The van der Waals surface area contributed by atoms with E-state index in [0.717, 1.165) is 0 Å². The minimum atomic E-state index is -4.61. The second kappa shape index (κ2) is 24.8. The lowest BCUT2D eigenvalue weighted by atomic mass is 9.82. The fourth-order valence-electron chi connectivity index (χ4n) is 9.32. The lowest BCUT2D eigenvalue weighted by Gasteiger charge is -2.26. The van der Waals surface area contributed by atoms with Gasteiger partial charge in [-0.2, -0.15) is 26.3 Å². The Labute approximate surface area is 444 Å². The van der Waals surface area contributed by atoms with Crippen LogP contribution in [0.5, 0.6) is 0 Å². The highest BCUT2D eigenvalue weighted by Gasteiger charge is 2.43.